The fraction of sp³-hybridized carbons (Fsp3) is 0.364. The van der Waals surface area contributed by atoms with Crippen LogP contribution in [0.4, 0.5) is 5.82 Å². The van der Waals surface area contributed by atoms with Crippen LogP contribution < -0.4 is 5.32 Å². The van der Waals surface area contributed by atoms with Crippen molar-refractivity contribution in [2.24, 2.45) is 5.92 Å². The Bertz CT molecular complexity index is 351. The van der Waals surface area contributed by atoms with Crippen molar-refractivity contribution in [1.29, 1.82) is 0 Å². The number of anilines is 1. The Balaban J connectivity index is 0.000000385. The molecule has 0 amide bonds. The van der Waals surface area contributed by atoms with E-state index >= 15 is 0 Å². The van der Waals surface area contributed by atoms with Gasteiger partial charge in [-0.1, -0.05) is 13.8 Å². The minimum Gasteiger partial charge on any atom is -0.478 e. The first-order valence-corrected chi connectivity index (χ1v) is 4.83. The van der Waals surface area contributed by atoms with E-state index in [2.05, 4.69) is 10.3 Å². The van der Waals surface area contributed by atoms with Crippen molar-refractivity contribution in [3.8, 4) is 0 Å². The molecule has 0 spiro atoms. The summed E-state index contributed by atoms with van der Waals surface area (Å²) in [5, 5.41) is 11.3. The van der Waals surface area contributed by atoms with E-state index in [9.17, 15) is 9.59 Å². The van der Waals surface area contributed by atoms with Crippen molar-refractivity contribution in [2.75, 3.05) is 12.4 Å². The molecule has 2 N–H and O–H groups in total. The number of hydrogen-bond donors (Lipinski definition) is 2. The Hall–Kier alpha value is -1.91. The topological polar surface area (TPSA) is 79.3 Å². The lowest BCUT2D eigenvalue weighted by molar-refractivity contribution is -0.110. The van der Waals surface area contributed by atoms with Crippen LogP contribution in [0.15, 0.2) is 18.3 Å². The van der Waals surface area contributed by atoms with Gasteiger partial charge in [-0.3, -0.25) is 0 Å². The van der Waals surface area contributed by atoms with Crippen LogP contribution in [-0.4, -0.2) is 29.4 Å². The molecule has 0 aliphatic rings. The van der Waals surface area contributed by atoms with E-state index in [1.807, 2.05) is 13.8 Å². The van der Waals surface area contributed by atoms with Gasteiger partial charge in [0, 0.05) is 19.2 Å². The number of pyridine rings is 1. The van der Waals surface area contributed by atoms with Crippen molar-refractivity contribution >= 4 is 18.1 Å². The van der Waals surface area contributed by atoms with Gasteiger partial charge in [0.2, 0.25) is 0 Å². The maximum atomic E-state index is 10.4. The van der Waals surface area contributed by atoms with Crippen molar-refractivity contribution in [1.82, 2.24) is 4.98 Å². The van der Waals surface area contributed by atoms with Crippen molar-refractivity contribution < 1.29 is 14.7 Å². The lowest BCUT2D eigenvalue weighted by Crippen LogP contribution is -1.99. The van der Waals surface area contributed by atoms with Crippen LogP contribution in [0.1, 0.15) is 24.2 Å². The molecule has 0 aliphatic carbocycles. The average Bonchev–Trinajstić information content (AvgIpc) is 2.29. The molecule has 0 bridgehead atoms. The summed E-state index contributed by atoms with van der Waals surface area (Å²) in [6.45, 7) is 3.71. The third-order valence-corrected chi connectivity index (χ3v) is 1.54. The fourth-order valence-electron chi connectivity index (χ4n) is 0.700. The third kappa shape index (κ3) is 5.74. The molecule has 1 heterocycles. The van der Waals surface area contributed by atoms with Gasteiger partial charge >= 0.3 is 5.97 Å². The molecular weight excluding hydrogens is 208 g/mol. The zero-order valence-electron chi connectivity index (χ0n) is 9.60. The first-order chi connectivity index (χ1) is 7.51. The quantitative estimate of drug-likeness (QED) is 0.763. The van der Waals surface area contributed by atoms with Crippen molar-refractivity contribution in [2.45, 2.75) is 13.8 Å². The smallest absolute Gasteiger partial charge is 0.335 e. The summed E-state index contributed by atoms with van der Waals surface area (Å²) in [5.41, 5.74) is 0.240. The molecule has 1 rings (SSSR count). The van der Waals surface area contributed by atoms with E-state index in [4.69, 9.17) is 5.11 Å². The predicted molar refractivity (Wildman–Crippen MR) is 61.6 cm³/mol. The van der Waals surface area contributed by atoms with Crippen molar-refractivity contribution in [3.05, 3.63) is 23.9 Å². The number of aromatic carboxylic acids is 1. The number of hydrogen-bond acceptors (Lipinski definition) is 4. The van der Waals surface area contributed by atoms with Crippen LogP contribution in [-0.2, 0) is 4.79 Å². The molecule has 5 heteroatoms. The first-order valence-electron chi connectivity index (χ1n) is 4.83. The molecule has 0 saturated heterocycles. The Morgan fingerprint density at radius 3 is 2.50 bits per heavy atom. The van der Waals surface area contributed by atoms with Crippen LogP contribution in [0.2, 0.25) is 0 Å². The van der Waals surface area contributed by atoms with Crippen LogP contribution >= 0.6 is 0 Å². The van der Waals surface area contributed by atoms with Crippen LogP contribution in [0, 0.1) is 5.92 Å². The van der Waals surface area contributed by atoms with Crippen LogP contribution in [0.3, 0.4) is 0 Å². The zero-order chi connectivity index (χ0) is 12.6. The molecule has 0 unspecified atom stereocenters. The lowest BCUT2D eigenvalue weighted by Gasteiger charge is -1.98. The number of carboxylic acids is 1. The summed E-state index contributed by atoms with van der Waals surface area (Å²) < 4.78 is 0. The normalized spacial score (nSPS) is 9.00. The van der Waals surface area contributed by atoms with Gasteiger partial charge in [-0.2, -0.15) is 0 Å². The minimum absolute atomic E-state index is 0.204. The second-order valence-corrected chi connectivity index (χ2v) is 3.37. The molecule has 0 atom stereocenters. The number of rotatable bonds is 3. The molecule has 1 aromatic heterocycles. The molecule has 0 aromatic carbocycles. The van der Waals surface area contributed by atoms with E-state index in [1.54, 1.807) is 7.05 Å². The van der Waals surface area contributed by atoms with Gasteiger partial charge in [-0.05, 0) is 12.1 Å². The van der Waals surface area contributed by atoms with Gasteiger partial charge in [-0.25, -0.2) is 9.78 Å². The van der Waals surface area contributed by atoms with Crippen LogP contribution in [0.5, 0.6) is 0 Å². The zero-order valence-corrected chi connectivity index (χ0v) is 9.60. The number of carbonyl (C=O) groups is 2. The second kappa shape index (κ2) is 7.39. The number of aldehydes is 1. The second-order valence-electron chi connectivity index (χ2n) is 3.37. The molecule has 0 fully saturated rings. The van der Waals surface area contributed by atoms with Crippen LogP contribution in [0.25, 0.3) is 0 Å². The molecule has 0 aliphatic heterocycles. The van der Waals surface area contributed by atoms with Gasteiger partial charge in [0.05, 0.1) is 5.56 Å². The van der Waals surface area contributed by atoms with E-state index in [0.717, 1.165) is 6.29 Å². The molecule has 5 nitrogen and oxygen atoms in total. The average molecular weight is 224 g/mol. The highest BCUT2D eigenvalue weighted by Gasteiger charge is 2.01. The Labute approximate surface area is 94.5 Å². The number of carboxylic acid groups (broad SMARTS) is 1. The highest BCUT2D eigenvalue weighted by atomic mass is 16.4. The number of aromatic nitrogens is 1. The summed E-state index contributed by atoms with van der Waals surface area (Å²) in [6.07, 6.45) is 2.37. The monoisotopic (exact) mass is 224 g/mol. The van der Waals surface area contributed by atoms with Gasteiger partial charge < -0.3 is 15.2 Å². The molecule has 1 aromatic rings. The summed E-state index contributed by atoms with van der Waals surface area (Å²) in [4.78, 5) is 23.8. The molecular formula is C11H16N2O3. The maximum Gasteiger partial charge on any atom is 0.335 e. The number of carbonyl (C=O) groups excluding carboxylic acids is 1. The van der Waals surface area contributed by atoms with Gasteiger partial charge in [-0.15, -0.1) is 0 Å². The maximum absolute atomic E-state index is 10.4. The third-order valence-electron chi connectivity index (χ3n) is 1.54. The Kier molecular flexibility index (Phi) is 6.51. The van der Waals surface area contributed by atoms with E-state index in [1.165, 1.54) is 18.3 Å². The molecule has 88 valence electrons. The molecule has 0 saturated carbocycles. The summed E-state index contributed by atoms with van der Waals surface area (Å²) in [7, 11) is 1.69. The highest BCUT2D eigenvalue weighted by Crippen LogP contribution is 2.04. The van der Waals surface area contributed by atoms with E-state index < -0.39 is 5.97 Å². The van der Waals surface area contributed by atoms with E-state index in [0.29, 0.717) is 5.82 Å². The van der Waals surface area contributed by atoms with Gasteiger partial charge in [0.1, 0.15) is 12.1 Å². The van der Waals surface area contributed by atoms with E-state index in [-0.39, 0.29) is 11.5 Å². The first kappa shape index (κ1) is 14.1. The summed E-state index contributed by atoms with van der Waals surface area (Å²) >= 11 is 0. The molecule has 0 radical (unpaired) electrons. The summed E-state index contributed by atoms with van der Waals surface area (Å²) in [6, 6.07) is 2.92. The standard InChI is InChI=1S/C7H8N2O2.C4H8O/c1-8-6-4-5(7(10)11)2-3-9-6;1-4(2)3-5/h2-4H,1H3,(H,8,9)(H,10,11);3-4H,1-2H3. The number of nitrogens with zero attached hydrogens (tertiary/aromatic N) is 1. The largest absolute Gasteiger partial charge is 0.478 e. The van der Waals surface area contributed by atoms with Gasteiger partial charge in [0.25, 0.3) is 0 Å². The van der Waals surface area contributed by atoms with Crippen molar-refractivity contribution in [3.63, 3.8) is 0 Å². The Morgan fingerprint density at radius 1 is 1.56 bits per heavy atom. The fourth-order valence-corrected chi connectivity index (χ4v) is 0.700. The van der Waals surface area contributed by atoms with Gasteiger partial charge in [0.15, 0.2) is 0 Å². The lowest BCUT2D eigenvalue weighted by atomic mass is 10.3. The molecule has 16 heavy (non-hydrogen) atoms. The SMILES string of the molecule is CC(C)C=O.CNc1cc(C(=O)O)ccn1. The predicted octanol–water partition coefficient (Wildman–Crippen LogP) is 1.66. The highest BCUT2D eigenvalue weighted by molar-refractivity contribution is 5.88. The Morgan fingerprint density at radius 2 is 2.12 bits per heavy atom. The summed E-state index contributed by atoms with van der Waals surface area (Å²) in [5.74, 6) is -0.177. The minimum atomic E-state index is -0.941. The number of nitrogens with one attached hydrogen (secondary N) is 1.